The fourth-order valence-electron chi connectivity index (χ4n) is 3.29. The molecule has 0 bridgehead atoms. The predicted octanol–water partition coefficient (Wildman–Crippen LogP) is 3.99. The molecule has 0 aliphatic rings. The van der Waals surface area contributed by atoms with E-state index in [-0.39, 0.29) is 0 Å². The minimum atomic E-state index is -0.639. The summed E-state index contributed by atoms with van der Waals surface area (Å²) in [6.07, 6.45) is 2.80. The van der Waals surface area contributed by atoms with Crippen molar-refractivity contribution >= 4 is 0 Å². The summed E-state index contributed by atoms with van der Waals surface area (Å²) in [6, 6.07) is 16.1. The molecule has 148 valence electrons. The van der Waals surface area contributed by atoms with Crippen LogP contribution in [0.15, 0.2) is 48.5 Å². The third-order valence-electron chi connectivity index (χ3n) is 4.77. The molecule has 0 saturated carbocycles. The van der Waals surface area contributed by atoms with Gasteiger partial charge in [0.15, 0.2) is 17.5 Å². The Hall–Kier alpha value is -3.42. The van der Waals surface area contributed by atoms with Gasteiger partial charge in [0.05, 0.1) is 6.54 Å². The van der Waals surface area contributed by atoms with Gasteiger partial charge in [0.25, 0.3) is 0 Å². The van der Waals surface area contributed by atoms with Gasteiger partial charge in [-0.25, -0.2) is 19.2 Å². The minimum Gasteiger partial charge on any atom is -0.243 e. The van der Waals surface area contributed by atoms with Gasteiger partial charge < -0.3 is 0 Å². The molecule has 0 radical (unpaired) electrons. The first-order valence-electron chi connectivity index (χ1n) is 9.69. The number of halogens is 1. The molecule has 0 aliphatic heterocycles. The molecule has 0 aliphatic carbocycles. The maximum Gasteiger partial charge on any atom is 0.180 e. The second kappa shape index (κ2) is 8.72. The van der Waals surface area contributed by atoms with Crippen LogP contribution in [-0.2, 0) is 19.6 Å². The quantitative estimate of drug-likeness (QED) is 0.491. The lowest BCUT2D eigenvalue weighted by Crippen LogP contribution is -2.06. The molecular formula is C21H22FN7. The Bertz CT molecular complexity index is 1060. The lowest BCUT2D eigenvalue weighted by molar-refractivity contribution is 0.442. The molecule has 1 N–H and O–H groups in total. The molecule has 0 saturated heterocycles. The van der Waals surface area contributed by atoms with Crippen LogP contribution in [0.1, 0.15) is 37.0 Å². The molecule has 8 heteroatoms. The minimum absolute atomic E-state index is 0.353. The van der Waals surface area contributed by atoms with Crippen molar-refractivity contribution in [1.29, 1.82) is 0 Å². The van der Waals surface area contributed by atoms with Crippen LogP contribution in [-0.4, -0.2) is 35.4 Å². The van der Waals surface area contributed by atoms with Gasteiger partial charge in [0.2, 0.25) is 0 Å². The van der Waals surface area contributed by atoms with Crippen LogP contribution in [0.2, 0.25) is 0 Å². The first-order valence-corrected chi connectivity index (χ1v) is 9.69. The fourth-order valence-corrected chi connectivity index (χ4v) is 3.29. The van der Waals surface area contributed by atoms with Crippen LogP contribution < -0.4 is 0 Å². The van der Waals surface area contributed by atoms with Gasteiger partial charge >= 0.3 is 0 Å². The molecule has 0 spiro atoms. The molecule has 4 rings (SSSR count). The number of rotatable bonds is 8. The number of nitrogens with one attached hydrogen (secondary N) is 1. The third-order valence-corrected chi connectivity index (χ3v) is 4.77. The number of H-pyrrole nitrogens is 1. The van der Waals surface area contributed by atoms with Gasteiger partial charge in [-0.05, 0) is 39.6 Å². The highest BCUT2D eigenvalue weighted by atomic mass is 19.1. The summed E-state index contributed by atoms with van der Waals surface area (Å²) in [4.78, 5) is 4.34. The van der Waals surface area contributed by atoms with Crippen LogP contribution in [0.3, 0.4) is 0 Å². The number of benzene rings is 2. The van der Waals surface area contributed by atoms with E-state index in [0.717, 1.165) is 41.5 Å². The van der Waals surface area contributed by atoms with Gasteiger partial charge in [-0.3, -0.25) is 0 Å². The van der Waals surface area contributed by atoms with Crippen molar-refractivity contribution in [3.63, 3.8) is 0 Å². The molecule has 29 heavy (non-hydrogen) atoms. The highest BCUT2D eigenvalue weighted by molar-refractivity contribution is 5.80. The smallest absolute Gasteiger partial charge is 0.180 e. The molecule has 7 nitrogen and oxygen atoms in total. The van der Waals surface area contributed by atoms with E-state index in [0.29, 0.717) is 24.0 Å². The molecule has 0 amide bonds. The zero-order valence-electron chi connectivity index (χ0n) is 16.2. The number of hydrogen-bond acceptors (Lipinski definition) is 5. The summed E-state index contributed by atoms with van der Waals surface area (Å²) in [5.41, 5.74) is 3.93. The van der Waals surface area contributed by atoms with Crippen molar-refractivity contribution in [2.75, 3.05) is 0 Å². The number of aromatic amines is 1. The first kappa shape index (κ1) is 18.9. The Kier molecular flexibility index (Phi) is 5.69. The molecule has 2 heterocycles. The molecule has 4 aromatic rings. The van der Waals surface area contributed by atoms with Crippen molar-refractivity contribution in [3.8, 4) is 22.5 Å². The maximum atomic E-state index is 13.5. The highest BCUT2D eigenvalue weighted by Crippen LogP contribution is 2.31. The first-order chi connectivity index (χ1) is 14.3. The summed E-state index contributed by atoms with van der Waals surface area (Å²) < 4.78 is 15.1. The van der Waals surface area contributed by atoms with Gasteiger partial charge in [0.1, 0.15) is 6.67 Å². The maximum absolute atomic E-state index is 13.5. The summed E-state index contributed by atoms with van der Waals surface area (Å²) >= 11 is 0. The lowest BCUT2D eigenvalue weighted by atomic mass is 9.97. The Labute approximate surface area is 168 Å². The predicted molar refractivity (Wildman–Crippen MR) is 108 cm³/mol. The Balaban J connectivity index is 1.69. The topological polar surface area (TPSA) is 85.2 Å². The highest BCUT2D eigenvalue weighted by Gasteiger charge is 2.14. The van der Waals surface area contributed by atoms with Gasteiger partial charge in [-0.15, -0.1) is 5.10 Å². The average Bonchev–Trinajstić information content (AvgIpc) is 3.43. The number of alkyl halides is 1. The molecular weight excluding hydrogens is 369 g/mol. The normalized spacial score (nSPS) is 11.1. The van der Waals surface area contributed by atoms with E-state index in [1.165, 1.54) is 0 Å². The number of hydrogen-bond donors (Lipinski definition) is 1. The lowest BCUT2D eigenvalue weighted by Gasteiger charge is -2.11. The molecule has 2 aromatic heterocycles. The van der Waals surface area contributed by atoms with E-state index in [4.69, 9.17) is 0 Å². The molecule has 0 unspecified atom stereocenters. The van der Waals surface area contributed by atoms with E-state index in [2.05, 4.69) is 37.6 Å². The standard InChI is InChI=1S/C21H22FN7/c1-2-3-9-19-23-20(13-22)29(26-19)14-15-10-11-17(16-7-5-4-6-8-16)18(12-15)21-24-27-28-25-21/h4-8,10-12H,2-3,9,13-14H2,1H3,(H,24,25,27,28). The average molecular weight is 391 g/mol. The number of unbranched alkanes of at least 4 members (excludes halogenated alkanes) is 1. The number of aryl methyl sites for hydroxylation is 1. The Morgan fingerprint density at radius 2 is 1.93 bits per heavy atom. The SMILES string of the molecule is CCCCc1nc(CF)n(Cc2ccc(-c3ccccc3)c(-c3nnn[nH]3)c2)n1. The van der Waals surface area contributed by atoms with E-state index in [1.54, 1.807) is 4.68 Å². The zero-order chi connectivity index (χ0) is 20.1. The van der Waals surface area contributed by atoms with E-state index in [1.807, 2.05) is 48.5 Å². The van der Waals surface area contributed by atoms with E-state index < -0.39 is 6.67 Å². The van der Waals surface area contributed by atoms with Crippen LogP contribution in [0.25, 0.3) is 22.5 Å². The van der Waals surface area contributed by atoms with Crippen LogP contribution >= 0.6 is 0 Å². The van der Waals surface area contributed by atoms with E-state index in [9.17, 15) is 4.39 Å². The largest absolute Gasteiger partial charge is 0.243 e. The van der Waals surface area contributed by atoms with E-state index >= 15 is 0 Å². The van der Waals surface area contributed by atoms with Crippen LogP contribution in [0.4, 0.5) is 4.39 Å². The second-order valence-corrected chi connectivity index (χ2v) is 6.83. The van der Waals surface area contributed by atoms with Gasteiger partial charge in [0, 0.05) is 12.0 Å². The van der Waals surface area contributed by atoms with Gasteiger partial charge in [-0.2, -0.15) is 5.10 Å². The van der Waals surface area contributed by atoms with Crippen molar-refractivity contribution in [1.82, 2.24) is 35.4 Å². The summed E-state index contributed by atoms with van der Waals surface area (Å²) in [5.74, 6) is 1.63. The summed E-state index contributed by atoms with van der Waals surface area (Å²) in [6.45, 7) is 1.91. The Morgan fingerprint density at radius 3 is 2.66 bits per heavy atom. The van der Waals surface area contributed by atoms with Crippen molar-refractivity contribution < 1.29 is 4.39 Å². The van der Waals surface area contributed by atoms with Crippen molar-refractivity contribution in [2.45, 2.75) is 39.4 Å². The summed E-state index contributed by atoms with van der Waals surface area (Å²) in [5, 5.41) is 18.8. The Morgan fingerprint density at radius 1 is 1.07 bits per heavy atom. The fraction of sp³-hybridized carbons (Fsp3) is 0.286. The van der Waals surface area contributed by atoms with Crippen LogP contribution in [0.5, 0.6) is 0 Å². The summed E-state index contributed by atoms with van der Waals surface area (Å²) in [7, 11) is 0. The van der Waals surface area contributed by atoms with Crippen molar-refractivity contribution in [3.05, 3.63) is 65.7 Å². The molecule has 0 atom stereocenters. The molecule has 0 fully saturated rings. The third kappa shape index (κ3) is 4.21. The van der Waals surface area contributed by atoms with Crippen LogP contribution in [0, 0.1) is 0 Å². The monoisotopic (exact) mass is 391 g/mol. The number of tetrazole rings is 1. The van der Waals surface area contributed by atoms with Crippen molar-refractivity contribution in [2.24, 2.45) is 0 Å². The second-order valence-electron chi connectivity index (χ2n) is 6.83. The zero-order valence-corrected chi connectivity index (χ0v) is 16.2. The molecule has 2 aromatic carbocycles. The van der Waals surface area contributed by atoms with Gasteiger partial charge in [-0.1, -0.05) is 55.8 Å². The number of aromatic nitrogens is 7. The number of nitrogens with zero attached hydrogens (tertiary/aromatic N) is 6.